The molecule has 1 saturated carbocycles. The van der Waals surface area contributed by atoms with Gasteiger partial charge in [-0.25, -0.2) is 0 Å². The first kappa shape index (κ1) is 15.7. The van der Waals surface area contributed by atoms with Crippen molar-refractivity contribution < 1.29 is 4.79 Å². The van der Waals surface area contributed by atoms with Crippen molar-refractivity contribution in [2.75, 3.05) is 13.1 Å². The van der Waals surface area contributed by atoms with Crippen LogP contribution in [-0.2, 0) is 4.79 Å². The fourth-order valence-corrected chi connectivity index (χ4v) is 4.01. The molecule has 2 fully saturated rings. The predicted octanol–water partition coefficient (Wildman–Crippen LogP) is 3.12. The van der Waals surface area contributed by atoms with Crippen molar-refractivity contribution in [3.63, 3.8) is 0 Å². The maximum absolute atomic E-state index is 13.0. The quantitative estimate of drug-likeness (QED) is 0.643. The van der Waals surface area contributed by atoms with E-state index in [4.69, 9.17) is 18.0 Å². The standard InChI is InChI=1S/C16H28N2OS/c1-12(2)13-7-10-18(11-13)15(19)16(14(17)20)8-5-3-4-6-9-16/h12-13H,3-11H2,1-2H3,(H2,17,20). The lowest BCUT2D eigenvalue weighted by molar-refractivity contribution is -0.138. The lowest BCUT2D eigenvalue weighted by atomic mass is 9.78. The van der Waals surface area contributed by atoms with Gasteiger partial charge in [-0.1, -0.05) is 51.7 Å². The van der Waals surface area contributed by atoms with Crippen LogP contribution in [0.5, 0.6) is 0 Å². The molecule has 1 saturated heterocycles. The maximum Gasteiger partial charge on any atom is 0.235 e. The summed E-state index contributed by atoms with van der Waals surface area (Å²) < 4.78 is 0. The molecule has 1 atom stereocenters. The number of amides is 1. The Balaban J connectivity index is 2.13. The van der Waals surface area contributed by atoms with Crippen LogP contribution in [-0.4, -0.2) is 28.9 Å². The first-order valence-corrected chi connectivity index (χ1v) is 8.47. The van der Waals surface area contributed by atoms with Crippen molar-refractivity contribution >= 4 is 23.1 Å². The molecular formula is C16H28N2OS. The number of hydrogen-bond donors (Lipinski definition) is 1. The van der Waals surface area contributed by atoms with E-state index in [0.29, 0.717) is 16.8 Å². The van der Waals surface area contributed by atoms with Crippen LogP contribution in [0.25, 0.3) is 0 Å². The summed E-state index contributed by atoms with van der Waals surface area (Å²) in [4.78, 5) is 15.5. The average molecular weight is 296 g/mol. The second kappa shape index (κ2) is 6.42. The summed E-state index contributed by atoms with van der Waals surface area (Å²) in [5.74, 6) is 1.49. The van der Waals surface area contributed by atoms with Crippen molar-refractivity contribution in [1.29, 1.82) is 0 Å². The molecule has 1 unspecified atom stereocenters. The van der Waals surface area contributed by atoms with E-state index in [-0.39, 0.29) is 5.91 Å². The van der Waals surface area contributed by atoms with Crippen molar-refractivity contribution in [3.05, 3.63) is 0 Å². The fourth-order valence-electron chi connectivity index (χ4n) is 3.72. The molecule has 1 amide bonds. The van der Waals surface area contributed by atoms with Gasteiger partial charge >= 0.3 is 0 Å². The van der Waals surface area contributed by atoms with Crippen molar-refractivity contribution in [3.8, 4) is 0 Å². The first-order chi connectivity index (χ1) is 9.47. The van der Waals surface area contributed by atoms with E-state index in [1.807, 2.05) is 4.90 Å². The minimum absolute atomic E-state index is 0.218. The zero-order valence-electron chi connectivity index (χ0n) is 12.9. The summed E-state index contributed by atoms with van der Waals surface area (Å²) in [5, 5.41) is 0. The molecular weight excluding hydrogens is 268 g/mol. The van der Waals surface area contributed by atoms with Crippen LogP contribution in [0, 0.1) is 17.3 Å². The highest BCUT2D eigenvalue weighted by Crippen LogP contribution is 2.39. The predicted molar refractivity (Wildman–Crippen MR) is 86.4 cm³/mol. The zero-order chi connectivity index (χ0) is 14.8. The molecule has 4 heteroatoms. The SMILES string of the molecule is CC(C)C1CCN(C(=O)C2(C(N)=S)CCCCCC2)C1. The second-order valence-electron chi connectivity index (χ2n) is 6.90. The monoisotopic (exact) mass is 296 g/mol. The molecule has 0 aromatic carbocycles. The van der Waals surface area contributed by atoms with E-state index in [1.165, 1.54) is 12.8 Å². The van der Waals surface area contributed by atoms with Gasteiger partial charge in [0.2, 0.25) is 5.91 Å². The van der Waals surface area contributed by atoms with Crippen LogP contribution in [0.1, 0.15) is 58.8 Å². The van der Waals surface area contributed by atoms with Gasteiger partial charge < -0.3 is 10.6 Å². The Kier molecular flexibility index (Phi) is 5.05. The van der Waals surface area contributed by atoms with Crippen molar-refractivity contribution in [1.82, 2.24) is 4.90 Å². The molecule has 0 spiro atoms. The van der Waals surface area contributed by atoms with Gasteiger partial charge in [-0.05, 0) is 31.1 Å². The summed E-state index contributed by atoms with van der Waals surface area (Å²) in [5.41, 5.74) is 5.47. The normalized spacial score (nSPS) is 26.6. The molecule has 0 radical (unpaired) electrons. The average Bonchev–Trinajstić information content (AvgIpc) is 2.76. The third kappa shape index (κ3) is 3.00. The van der Waals surface area contributed by atoms with E-state index in [2.05, 4.69) is 13.8 Å². The molecule has 0 aromatic heterocycles. The number of likely N-dealkylation sites (tertiary alicyclic amines) is 1. The van der Waals surface area contributed by atoms with E-state index >= 15 is 0 Å². The van der Waals surface area contributed by atoms with Gasteiger partial charge in [-0.15, -0.1) is 0 Å². The smallest absolute Gasteiger partial charge is 0.235 e. The molecule has 1 aliphatic carbocycles. The molecule has 1 heterocycles. The van der Waals surface area contributed by atoms with E-state index < -0.39 is 5.41 Å². The lowest BCUT2D eigenvalue weighted by Crippen LogP contribution is -2.50. The Hall–Kier alpha value is -0.640. The summed E-state index contributed by atoms with van der Waals surface area (Å²) in [6.45, 7) is 6.26. The third-order valence-electron chi connectivity index (χ3n) is 5.29. The van der Waals surface area contributed by atoms with Gasteiger partial charge in [-0.2, -0.15) is 0 Å². The van der Waals surface area contributed by atoms with Gasteiger partial charge in [0.05, 0.1) is 10.4 Å². The molecule has 0 aromatic rings. The van der Waals surface area contributed by atoms with Gasteiger partial charge in [-0.3, -0.25) is 4.79 Å². The van der Waals surface area contributed by atoms with Crippen LogP contribution in [0.4, 0.5) is 0 Å². The highest BCUT2D eigenvalue weighted by molar-refractivity contribution is 7.80. The molecule has 2 aliphatic rings. The van der Waals surface area contributed by atoms with Gasteiger partial charge in [0.1, 0.15) is 0 Å². The first-order valence-electron chi connectivity index (χ1n) is 8.06. The zero-order valence-corrected chi connectivity index (χ0v) is 13.7. The number of rotatable bonds is 3. The minimum Gasteiger partial charge on any atom is -0.392 e. The van der Waals surface area contributed by atoms with Crippen LogP contribution in [0.15, 0.2) is 0 Å². The number of hydrogen-bond acceptors (Lipinski definition) is 2. The molecule has 1 aliphatic heterocycles. The van der Waals surface area contributed by atoms with Crippen LogP contribution in [0.2, 0.25) is 0 Å². The van der Waals surface area contributed by atoms with E-state index in [0.717, 1.165) is 45.2 Å². The molecule has 0 bridgehead atoms. The highest BCUT2D eigenvalue weighted by atomic mass is 32.1. The summed E-state index contributed by atoms with van der Waals surface area (Å²) >= 11 is 5.31. The van der Waals surface area contributed by atoms with Crippen molar-refractivity contribution in [2.24, 2.45) is 23.0 Å². The minimum atomic E-state index is -0.544. The van der Waals surface area contributed by atoms with Gasteiger partial charge in [0.15, 0.2) is 0 Å². The number of thiocarbonyl (C=S) groups is 1. The Bertz CT molecular complexity index is 373. The fraction of sp³-hybridized carbons (Fsp3) is 0.875. The van der Waals surface area contributed by atoms with Gasteiger partial charge in [0, 0.05) is 13.1 Å². The molecule has 3 nitrogen and oxygen atoms in total. The summed E-state index contributed by atoms with van der Waals surface area (Å²) in [6, 6.07) is 0. The Morgan fingerprint density at radius 3 is 2.30 bits per heavy atom. The molecule has 2 N–H and O–H groups in total. The molecule has 114 valence electrons. The Morgan fingerprint density at radius 1 is 1.25 bits per heavy atom. The lowest BCUT2D eigenvalue weighted by Gasteiger charge is -2.34. The number of carbonyl (C=O) groups is 1. The largest absolute Gasteiger partial charge is 0.392 e. The van der Waals surface area contributed by atoms with Crippen molar-refractivity contribution in [2.45, 2.75) is 58.8 Å². The van der Waals surface area contributed by atoms with E-state index in [9.17, 15) is 4.79 Å². The second-order valence-corrected chi connectivity index (χ2v) is 7.34. The van der Waals surface area contributed by atoms with Crippen LogP contribution >= 0.6 is 12.2 Å². The highest BCUT2D eigenvalue weighted by Gasteiger charge is 2.45. The van der Waals surface area contributed by atoms with Gasteiger partial charge in [0.25, 0.3) is 0 Å². The summed E-state index contributed by atoms with van der Waals surface area (Å²) in [7, 11) is 0. The molecule has 2 rings (SSSR count). The molecule has 20 heavy (non-hydrogen) atoms. The van der Waals surface area contributed by atoms with Crippen LogP contribution in [0.3, 0.4) is 0 Å². The Labute approximate surface area is 128 Å². The number of nitrogens with two attached hydrogens (primary N) is 1. The Morgan fingerprint density at radius 2 is 1.85 bits per heavy atom. The number of carbonyl (C=O) groups excluding carboxylic acids is 1. The third-order valence-corrected chi connectivity index (χ3v) is 5.68. The summed E-state index contributed by atoms with van der Waals surface area (Å²) in [6.07, 6.45) is 7.37. The van der Waals surface area contributed by atoms with Crippen LogP contribution < -0.4 is 5.73 Å². The topological polar surface area (TPSA) is 46.3 Å². The maximum atomic E-state index is 13.0. The number of nitrogens with zero attached hydrogens (tertiary/aromatic N) is 1. The van der Waals surface area contributed by atoms with E-state index in [1.54, 1.807) is 0 Å².